The normalized spacial score (nSPS) is 15.3. The van der Waals surface area contributed by atoms with Crippen LogP contribution >= 0.6 is 0 Å². The molecule has 2 heterocycles. The van der Waals surface area contributed by atoms with E-state index in [1.807, 2.05) is 12.1 Å². The van der Waals surface area contributed by atoms with Crippen LogP contribution in [0.1, 0.15) is 19.0 Å². The molecule has 7 heteroatoms. The number of fused-ring (bicyclic) bond motifs is 2. The third kappa shape index (κ3) is 2.58. The molecule has 0 radical (unpaired) electrons. The van der Waals surface area contributed by atoms with Crippen LogP contribution in [0.25, 0.3) is 0 Å². The van der Waals surface area contributed by atoms with Gasteiger partial charge in [0.1, 0.15) is 0 Å². The molecule has 2 aromatic carbocycles. The summed E-state index contributed by atoms with van der Waals surface area (Å²) in [6.07, 6.45) is 1.59. The zero-order valence-corrected chi connectivity index (χ0v) is 15.4. The number of hydrogen-bond donors (Lipinski definition) is 1. The van der Waals surface area contributed by atoms with E-state index in [9.17, 15) is 13.0 Å². The number of pyridine rings is 1. The highest BCUT2D eigenvalue weighted by Crippen LogP contribution is 2.54. The Balaban J connectivity index is 2.10. The topological polar surface area (TPSA) is 79.7 Å². The van der Waals surface area contributed by atoms with Crippen LogP contribution in [-0.4, -0.2) is 18.0 Å². The lowest BCUT2D eigenvalue weighted by Gasteiger charge is -2.44. The molecule has 1 N–H and O–H groups in total. The molecule has 1 aliphatic rings. The molecule has 0 saturated carbocycles. The summed E-state index contributed by atoms with van der Waals surface area (Å²) in [5.41, 5.74) is 1.32. The molecule has 1 aliphatic heterocycles. The second-order valence-corrected chi connectivity index (χ2v) is 7.83. The zero-order chi connectivity index (χ0) is 19.1. The van der Waals surface area contributed by atoms with E-state index in [0.29, 0.717) is 22.9 Å². The molecule has 27 heavy (non-hydrogen) atoms. The molecule has 138 valence electrons. The van der Waals surface area contributed by atoms with Gasteiger partial charge in [0.25, 0.3) is 10.1 Å². The van der Waals surface area contributed by atoms with Gasteiger partial charge in [0.05, 0.1) is 17.1 Å². The minimum absolute atomic E-state index is 0.0749. The fourth-order valence-electron chi connectivity index (χ4n) is 3.57. The van der Waals surface area contributed by atoms with E-state index in [2.05, 4.69) is 4.98 Å². The van der Waals surface area contributed by atoms with E-state index >= 15 is 0 Å². The van der Waals surface area contributed by atoms with E-state index in [0.717, 1.165) is 0 Å². The fourth-order valence-corrected chi connectivity index (χ4v) is 4.75. The fraction of sp³-hybridized carbons (Fsp3) is 0.150. The van der Waals surface area contributed by atoms with Crippen LogP contribution < -0.4 is 9.64 Å². The van der Waals surface area contributed by atoms with Crippen molar-refractivity contribution in [2.24, 2.45) is 0 Å². The number of para-hydroxylation sites is 4. The number of nitrogens with zero attached hydrogens (tertiary/aromatic N) is 2. The van der Waals surface area contributed by atoms with Crippen molar-refractivity contribution in [3.63, 3.8) is 0 Å². The Kier molecular flexibility index (Phi) is 4.13. The van der Waals surface area contributed by atoms with Gasteiger partial charge >= 0.3 is 0 Å². The molecular weight excluding hydrogens is 364 g/mol. The summed E-state index contributed by atoms with van der Waals surface area (Å²) < 4.78 is 42.1. The van der Waals surface area contributed by atoms with Gasteiger partial charge in [-0.2, -0.15) is 8.42 Å². The molecule has 0 spiro atoms. The quantitative estimate of drug-likeness (QED) is 0.671. The average Bonchev–Trinajstić information content (AvgIpc) is 2.68. The smallest absolute Gasteiger partial charge is 0.295 e. The molecule has 3 aromatic rings. The number of aromatic nitrogens is 1. The first kappa shape index (κ1) is 17.5. The molecule has 0 bridgehead atoms. The van der Waals surface area contributed by atoms with Gasteiger partial charge in [0.15, 0.2) is 11.5 Å². The predicted molar refractivity (Wildman–Crippen MR) is 103 cm³/mol. The van der Waals surface area contributed by atoms with Crippen LogP contribution in [-0.2, 0) is 15.0 Å². The molecule has 0 aliphatic carbocycles. The molecule has 1 unspecified atom stereocenters. The van der Waals surface area contributed by atoms with Crippen molar-refractivity contribution < 1.29 is 17.7 Å². The van der Waals surface area contributed by atoms with E-state index in [1.165, 1.54) is 6.20 Å². The van der Waals surface area contributed by atoms with Crippen LogP contribution in [0.3, 0.4) is 0 Å². The third-order valence-electron chi connectivity index (χ3n) is 4.76. The zero-order valence-electron chi connectivity index (χ0n) is 14.6. The third-order valence-corrected chi connectivity index (χ3v) is 6.30. The summed E-state index contributed by atoms with van der Waals surface area (Å²) in [7, 11) is -4.61. The number of benzene rings is 2. The Labute approximate surface area is 157 Å². The van der Waals surface area contributed by atoms with E-state index < -0.39 is 15.0 Å². The van der Waals surface area contributed by atoms with Gasteiger partial charge in [0.2, 0.25) is 4.87 Å². The maximum absolute atomic E-state index is 12.8. The summed E-state index contributed by atoms with van der Waals surface area (Å²) >= 11 is 0. The Bertz CT molecular complexity index is 1040. The van der Waals surface area contributed by atoms with Crippen LogP contribution in [0.4, 0.5) is 11.4 Å². The standard InChI is InChI=1S/C20H18N2O4S/c1-2-20(27(23,24)25,19-13-7-8-14-21-19)22-15-9-3-5-11-17(15)26-18-12-6-4-10-16(18)22/h3-14H,2H2,1H3,(H,23,24,25). The highest BCUT2D eigenvalue weighted by atomic mass is 32.2. The molecule has 1 atom stereocenters. The van der Waals surface area contributed by atoms with Gasteiger partial charge in [-0.3, -0.25) is 9.54 Å². The average molecular weight is 382 g/mol. The van der Waals surface area contributed by atoms with Crippen LogP contribution in [0.15, 0.2) is 72.9 Å². The van der Waals surface area contributed by atoms with Crippen molar-refractivity contribution in [1.82, 2.24) is 4.98 Å². The van der Waals surface area contributed by atoms with Gasteiger partial charge in [-0.1, -0.05) is 37.3 Å². The van der Waals surface area contributed by atoms with Gasteiger partial charge in [-0.25, -0.2) is 0 Å². The number of ether oxygens (including phenoxy) is 1. The first-order valence-electron chi connectivity index (χ1n) is 8.53. The number of rotatable bonds is 4. The van der Waals surface area contributed by atoms with Crippen LogP contribution in [0.5, 0.6) is 11.5 Å². The molecule has 0 fully saturated rings. The van der Waals surface area contributed by atoms with Gasteiger partial charge in [-0.15, -0.1) is 0 Å². The summed E-state index contributed by atoms with van der Waals surface area (Å²) in [6, 6.07) is 19.3. The van der Waals surface area contributed by atoms with E-state index in [4.69, 9.17) is 4.74 Å². The Morgan fingerprint density at radius 3 is 2.00 bits per heavy atom. The minimum atomic E-state index is -4.61. The van der Waals surface area contributed by atoms with Gasteiger partial charge < -0.3 is 9.64 Å². The summed E-state index contributed by atoms with van der Waals surface area (Å²) in [5.74, 6) is 1.02. The maximum atomic E-state index is 12.8. The molecule has 1 aromatic heterocycles. The van der Waals surface area contributed by atoms with E-state index in [1.54, 1.807) is 66.4 Å². The molecule has 0 saturated heterocycles. The van der Waals surface area contributed by atoms with Gasteiger partial charge in [0, 0.05) is 6.20 Å². The SMILES string of the molecule is CCC(c1ccccn1)(N1c2ccccc2Oc2ccccc21)S(=O)(=O)O. The van der Waals surface area contributed by atoms with Crippen molar-refractivity contribution >= 4 is 21.5 Å². The lowest BCUT2D eigenvalue weighted by molar-refractivity contribution is 0.403. The maximum Gasteiger partial charge on any atom is 0.295 e. The highest BCUT2D eigenvalue weighted by molar-refractivity contribution is 7.87. The van der Waals surface area contributed by atoms with Crippen LogP contribution in [0.2, 0.25) is 0 Å². The summed E-state index contributed by atoms with van der Waals surface area (Å²) in [4.78, 5) is 4.10. The molecular formula is C20H18N2O4S. The summed E-state index contributed by atoms with van der Waals surface area (Å²) in [6.45, 7) is 1.71. The second kappa shape index (κ2) is 6.37. The number of hydrogen-bond acceptors (Lipinski definition) is 5. The van der Waals surface area contributed by atoms with Gasteiger partial charge in [-0.05, 0) is 42.8 Å². The number of anilines is 2. The van der Waals surface area contributed by atoms with Crippen molar-refractivity contribution in [2.75, 3.05) is 4.90 Å². The molecule has 4 rings (SSSR count). The largest absolute Gasteiger partial charge is 0.453 e. The van der Waals surface area contributed by atoms with Crippen molar-refractivity contribution in [2.45, 2.75) is 18.2 Å². The minimum Gasteiger partial charge on any atom is -0.453 e. The lowest BCUT2D eigenvalue weighted by Crippen LogP contribution is -2.50. The lowest BCUT2D eigenvalue weighted by atomic mass is 10.0. The Morgan fingerprint density at radius 2 is 1.52 bits per heavy atom. The molecule has 0 amide bonds. The second-order valence-electron chi connectivity index (χ2n) is 6.20. The first-order valence-corrected chi connectivity index (χ1v) is 9.98. The first-order chi connectivity index (χ1) is 13.0. The summed E-state index contributed by atoms with van der Waals surface area (Å²) in [5, 5.41) is 0. The van der Waals surface area contributed by atoms with Crippen molar-refractivity contribution in [1.29, 1.82) is 0 Å². The monoisotopic (exact) mass is 382 g/mol. The van der Waals surface area contributed by atoms with E-state index in [-0.39, 0.29) is 12.1 Å². The Morgan fingerprint density at radius 1 is 0.963 bits per heavy atom. The predicted octanol–water partition coefficient (Wildman–Crippen LogP) is 4.48. The highest BCUT2D eigenvalue weighted by Gasteiger charge is 2.53. The van der Waals surface area contributed by atoms with Crippen molar-refractivity contribution in [3.8, 4) is 11.5 Å². The molecule has 6 nitrogen and oxygen atoms in total. The Hall–Kier alpha value is -2.90. The van der Waals surface area contributed by atoms with Crippen LogP contribution in [0, 0.1) is 0 Å². The van der Waals surface area contributed by atoms with Crippen molar-refractivity contribution in [3.05, 3.63) is 78.6 Å².